The second-order valence-electron chi connectivity index (χ2n) is 4.38. The van der Waals surface area contributed by atoms with Crippen LogP contribution in [0.2, 0.25) is 0 Å². The maximum atomic E-state index is 11.3. The number of carbonyl (C=O) groups excluding carboxylic acids is 1. The van der Waals surface area contributed by atoms with E-state index in [1.54, 1.807) is 18.3 Å². The molecule has 0 atom stereocenters. The van der Waals surface area contributed by atoms with Crippen LogP contribution in [-0.2, 0) is 17.8 Å². The average Bonchev–Trinajstić information content (AvgIpc) is 3.00. The fourth-order valence-corrected chi connectivity index (χ4v) is 1.83. The Bertz CT molecular complexity index is 523. The van der Waals surface area contributed by atoms with E-state index in [-0.39, 0.29) is 5.97 Å². The van der Waals surface area contributed by atoms with Gasteiger partial charge in [0.2, 0.25) is 0 Å². The fourth-order valence-electron chi connectivity index (χ4n) is 1.83. The van der Waals surface area contributed by atoms with Crippen LogP contribution >= 0.6 is 0 Å². The number of benzene rings is 1. The van der Waals surface area contributed by atoms with Gasteiger partial charge in [0.1, 0.15) is 0 Å². The number of rotatable bonds is 7. The van der Waals surface area contributed by atoms with Crippen LogP contribution in [0.15, 0.2) is 36.7 Å². The first-order chi connectivity index (χ1) is 9.79. The SMILES string of the molecule is COC(=O)c1ccc(CNCCCn2ccnn2)cc1. The van der Waals surface area contributed by atoms with E-state index in [0.717, 1.165) is 31.6 Å². The fraction of sp³-hybridized carbons (Fsp3) is 0.357. The van der Waals surface area contributed by atoms with E-state index in [0.29, 0.717) is 5.56 Å². The summed E-state index contributed by atoms with van der Waals surface area (Å²) in [5.41, 5.74) is 1.71. The minimum atomic E-state index is -0.308. The lowest BCUT2D eigenvalue weighted by Crippen LogP contribution is -2.16. The molecule has 0 fully saturated rings. The van der Waals surface area contributed by atoms with Crippen LogP contribution in [0, 0.1) is 0 Å². The van der Waals surface area contributed by atoms with Gasteiger partial charge in [-0.15, -0.1) is 5.10 Å². The molecular weight excluding hydrogens is 256 g/mol. The van der Waals surface area contributed by atoms with Crippen LogP contribution in [0.1, 0.15) is 22.3 Å². The molecule has 1 aromatic carbocycles. The molecule has 6 nitrogen and oxygen atoms in total. The summed E-state index contributed by atoms with van der Waals surface area (Å²) >= 11 is 0. The minimum absolute atomic E-state index is 0.308. The summed E-state index contributed by atoms with van der Waals surface area (Å²) < 4.78 is 6.47. The van der Waals surface area contributed by atoms with E-state index in [4.69, 9.17) is 0 Å². The molecule has 2 aromatic rings. The monoisotopic (exact) mass is 274 g/mol. The van der Waals surface area contributed by atoms with Crippen molar-refractivity contribution in [2.75, 3.05) is 13.7 Å². The first-order valence-corrected chi connectivity index (χ1v) is 6.51. The molecule has 0 spiro atoms. The third-order valence-electron chi connectivity index (χ3n) is 2.92. The van der Waals surface area contributed by atoms with Gasteiger partial charge in [-0.3, -0.25) is 4.68 Å². The molecule has 1 heterocycles. The van der Waals surface area contributed by atoms with E-state index in [9.17, 15) is 4.79 Å². The maximum Gasteiger partial charge on any atom is 0.337 e. The molecule has 20 heavy (non-hydrogen) atoms. The zero-order valence-corrected chi connectivity index (χ0v) is 11.5. The Kier molecular flexibility index (Phi) is 5.25. The molecular formula is C14H18N4O2. The molecule has 0 radical (unpaired) electrons. The first-order valence-electron chi connectivity index (χ1n) is 6.51. The summed E-state index contributed by atoms with van der Waals surface area (Å²) in [4.78, 5) is 11.3. The van der Waals surface area contributed by atoms with Crippen LogP contribution in [0.25, 0.3) is 0 Å². The van der Waals surface area contributed by atoms with Crippen LogP contribution in [0.5, 0.6) is 0 Å². The Hall–Kier alpha value is -2.21. The minimum Gasteiger partial charge on any atom is -0.465 e. The Morgan fingerprint density at radius 1 is 1.35 bits per heavy atom. The normalized spacial score (nSPS) is 10.4. The van der Waals surface area contributed by atoms with E-state index in [1.165, 1.54) is 7.11 Å². The predicted octanol–water partition coefficient (Wildman–Crippen LogP) is 1.24. The van der Waals surface area contributed by atoms with Gasteiger partial charge in [0.05, 0.1) is 18.9 Å². The molecule has 0 saturated heterocycles. The standard InChI is InChI=1S/C14H18N4O2/c1-20-14(19)13-5-3-12(4-6-13)11-15-7-2-9-18-10-8-16-17-18/h3-6,8,10,15H,2,7,9,11H2,1H3. The second-order valence-corrected chi connectivity index (χ2v) is 4.38. The molecule has 0 amide bonds. The predicted molar refractivity (Wildman–Crippen MR) is 74.1 cm³/mol. The van der Waals surface area contributed by atoms with Crippen LogP contribution in [0.4, 0.5) is 0 Å². The Labute approximate surface area is 117 Å². The van der Waals surface area contributed by atoms with Crippen LogP contribution in [0.3, 0.4) is 0 Å². The molecule has 6 heteroatoms. The van der Waals surface area contributed by atoms with Crippen molar-refractivity contribution in [3.8, 4) is 0 Å². The number of methoxy groups -OCH3 is 1. The molecule has 0 aliphatic heterocycles. The first kappa shape index (κ1) is 14.2. The lowest BCUT2D eigenvalue weighted by Gasteiger charge is -2.06. The van der Waals surface area contributed by atoms with Crippen molar-refractivity contribution in [1.29, 1.82) is 0 Å². The molecule has 0 unspecified atom stereocenters. The summed E-state index contributed by atoms with van der Waals surface area (Å²) in [5, 5.41) is 11.0. The number of aromatic nitrogens is 3. The number of hydrogen-bond donors (Lipinski definition) is 1. The number of ether oxygens (including phenoxy) is 1. The van der Waals surface area contributed by atoms with Crippen molar-refractivity contribution < 1.29 is 9.53 Å². The molecule has 1 aromatic heterocycles. The van der Waals surface area contributed by atoms with E-state index < -0.39 is 0 Å². The quantitative estimate of drug-likeness (QED) is 0.608. The Morgan fingerprint density at radius 3 is 2.80 bits per heavy atom. The van der Waals surface area contributed by atoms with Crippen molar-refractivity contribution in [1.82, 2.24) is 20.3 Å². The van der Waals surface area contributed by atoms with Gasteiger partial charge in [-0.05, 0) is 30.7 Å². The van der Waals surface area contributed by atoms with Crippen molar-refractivity contribution >= 4 is 5.97 Å². The van der Waals surface area contributed by atoms with Crippen molar-refractivity contribution in [3.63, 3.8) is 0 Å². The largest absolute Gasteiger partial charge is 0.465 e. The van der Waals surface area contributed by atoms with Crippen molar-refractivity contribution in [2.45, 2.75) is 19.5 Å². The van der Waals surface area contributed by atoms with E-state index in [1.807, 2.05) is 23.0 Å². The lowest BCUT2D eigenvalue weighted by molar-refractivity contribution is 0.0600. The molecule has 0 aliphatic rings. The zero-order chi connectivity index (χ0) is 14.2. The number of aryl methyl sites for hydroxylation is 1. The molecule has 106 valence electrons. The van der Waals surface area contributed by atoms with Gasteiger partial charge in [0.15, 0.2) is 0 Å². The van der Waals surface area contributed by atoms with E-state index in [2.05, 4.69) is 20.4 Å². The summed E-state index contributed by atoms with van der Waals surface area (Å²) in [6.07, 6.45) is 4.52. The molecule has 0 saturated carbocycles. The van der Waals surface area contributed by atoms with Gasteiger partial charge in [0, 0.05) is 19.3 Å². The Balaban J connectivity index is 1.67. The maximum absolute atomic E-state index is 11.3. The van der Waals surface area contributed by atoms with Crippen LogP contribution in [-0.4, -0.2) is 34.6 Å². The van der Waals surface area contributed by atoms with Crippen LogP contribution < -0.4 is 5.32 Å². The van der Waals surface area contributed by atoms with Crippen molar-refractivity contribution in [3.05, 3.63) is 47.8 Å². The zero-order valence-electron chi connectivity index (χ0n) is 11.5. The summed E-state index contributed by atoms with van der Waals surface area (Å²) in [6.45, 7) is 2.53. The van der Waals surface area contributed by atoms with Gasteiger partial charge in [0.25, 0.3) is 0 Å². The van der Waals surface area contributed by atoms with Crippen molar-refractivity contribution in [2.24, 2.45) is 0 Å². The second kappa shape index (κ2) is 7.40. The van der Waals surface area contributed by atoms with Gasteiger partial charge in [-0.1, -0.05) is 17.3 Å². The number of carbonyl (C=O) groups is 1. The van der Waals surface area contributed by atoms with Gasteiger partial charge >= 0.3 is 5.97 Å². The smallest absolute Gasteiger partial charge is 0.337 e. The topological polar surface area (TPSA) is 69.0 Å². The third kappa shape index (κ3) is 4.17. The molecule has 0 aliphatic carbocycles. The average molecular weight is 274 g/mol. The summed E-state index contributed by atoms with van der Waals surface area (Å²) in [5.74, 6) is -0.308. The highest BCUT2D eigenvalue weighted by molar-refractivity contribution is 5.89. The number of esters is 1. The summed E-state index contributed by atoms with van der Waals surface area (Å²) in [6, 6.07) is 7.41. The van der Waals surface area contributed by atoms with Gasteiger partial charge in [-0.2, -0.15) is 0 Å². The lowest BCUT2D eigenvalue weighted by atomic mass is 10.1. The Morgan fingerprint density at radius 2 is 2.15 bits per heavy atom. The highest BCUT2D eigenvalue weighted by Crippen LogP contribution is 2.05. The van der Waals surface area contributed by atoms with Gasteiger partial charge < -0.3 is 10.1 Å². The summed E-state index contributed by atoms with van der Waals surface area (Å²) in [7, 11) is 1.38. The molecule has 1 N–H and O–H groups in total. The third-order valence-corrected chi connectivity index (χ3v) is 2.92. The molecule has 0 bridgehead atoms. The van der Waals surface area contributed by atoms with Gasteiger partial charge in [-0.25, -0.2) is 4.79 Å². The number of nitrogens with one attached hydrogen (secondary N) is 1. The number of nitrogens with zero attached hydrogens (tertiary/aromatic N) is 3. The highest BCUT2D eigenvalue weighted by Gasteiger charge is 2.03. The highest BCUT2D eigenvalue weighted by atomic mass is 16.5. The van der Waals surface area contributed by atoms with E-state index >= 15 is 0 Å². The number of hydrogen-bond acceptors (Lipinski definition) is 5. The molecule has 2 rings (SSSR count).